The van der Waals surface area contributed by atoms with Crippen molar-refractivity contribution in [2.45, 2.75) is 0 Å². The molecule has 4 nitrogen and oxygen atoms in total. The van der Waals surface area contributed by atoms with Gasteiger partial charge in [-0.1, -0.05) is 0 Å². The molecule has 0 spiro atoms. The van der Waals surface area contributed by atoms with Crippen LogP contribution in [0.25, 0.3) is 0 Å². The van der Waals surface area contributed by atoms with E-state index in [2.05, 4.69) is 0 Å². The molecule has 3 radical (unpaired) electrons. The van der Waals surface area contributed by atoms with E-state index in [1.807, 2.05) is 0 Å². The first-order valence-corrected chi connectivity index (χ1v) is 2.00. The van der Waals surface area contributed by atoms with E-state index in [-0.39, 0.29) is 31.5 Å². The van der Waals surface area contributed by atoms with Crippen molar-refractivity contribution in [3.05, 3.63) is 0 Å². The molecule has 0 saturated carbocycles. The van der Waals surface area contributed by atoms with Gasteiger partial charge < -0.3 is 9.11 Å². The molecule has 7 heavy (non-hydrogen) atoms. The third kappa shape index (κ3) is 301. The summed E-state index contributed by atoms with van der Waals surface area (Å²) in [5, 5.41) is 0. The van der Waals surface area contributed by atoms with Crippen LogP contribution in [0, 0.1) is 0 Å². The topological polar surface area (TPSA) is 80.3 Å². The van der Waals surface area contributed by atoms with Gasteiger partial charge in [0, 0.05) is 18.8 Å². The van der Waals surface area contributed by atoms with Gasteiger partial charge in [0.1, 0.15) is 0 Å². The van der Waals surface area contributed by atoms with Crippen molar-refractivity contribution in [2.24, 2.45) is 0 Å². The molecule has 7 heteroatoms. The summed E-state index contributed by atoms with van der Waals surface area (Å²) in [7, 11) is -5.17. The van der Waals surface area contributed by atoms with E-state index in [1.54, 1.807) is 0 Å². The molecule has 0 atom stereocenters. The molecule has 35 valence electrons. The van der Waals surface area contributed by atoms with Crippen molar-refractivity contribution in [3.8, 4) is 0 Å². The molecule has 0 unspecified atom stereocenters. The van der Waals surface area contributed by atoms with Crippen molar-refractivity contribution >= 4 is 41.9 Å². The molecule has 0 amide bonds. The van der Waals surface area contributed by atoms with E-state index in [9.17, 15) is 0 Å². The SMILES string of the molecule is O=S(=O)([O-])[O-].[B].[Mg+2]. The van der Waals surface area contributed by atoms with E-state index in [0.29, 0.717) is 0 Å². The quantitative estimate of drug-likeness (QED) is 0.214. The average molecular weight is 131 g/mol. The average Bonchev–Trinajstić information content (AvgIpc) is 0.722. The van der Waals surface area contributed by atoms with Gasteiger partial charge in [0.05, 0.1) is 0 Å². The molecular formula is BMgO4S. The van der Waals surface area contributed by atoms with Gasteiger partial charge in [0.25, 0.3) is 0 Å². The Morgan fingerprint density at radius 2 is 1.14 bits per heavy atom. The Bertz CT molecular complexity index is 94.9. The summed E-state index contributed by atoms with van der Waals surface area (Å²) >= 11 is 0. The number of rotatable bonds is 0. The van der Waals surface area contributed by atoms with Gasteiger partial charge in [-0.15, -0.1) is 0 Å². The van der Waals surface area contributed by atoms with Crippen LogP contribution in [0.4, 0.5) is 0 Å². The van der Waals surface area contributed by atoms with Crippen molar-refractivity contribution < 1.29 is 17.5 Å². The van der Waals surface area contributed by atoms with Crippen LogP contribution in [0.1, 0.15) is 0 Å². The van der Waals surface area contributed by atoms with Crippen LogP contribution >= 0.6 is 0 Å². The summed E-state index contributed by atoms with van der Waals surface area (Å²) in [6, 6.07) is 0. The van der Waals surface area contributed by atoms with Crippen molar-refractivity contribution in [2.75, 3.05) is 0 Å². The summed E-state index contributed by atoms with van der Waals surface area (Å²) in [6.45, 7) is 0. The van der Waals surface area contributed by atoms with Gasteiger partial charge >= 0.3 is 23.1 Å². The Balaban J connectivity index is -0.0000000800. The van der Waals surface area contributed by atoms with E-state index in [4.69, 9.17) is 17.5 Å². The maximum absolute atomic E-state index is 8.52. The summed E-state index contributed by atoms with van der Waals surface area (Å²) in [5.41, 5.74) is 0. The van der Waals surface area contributed by atoms with Gasteiger partial charge in [-0.05, 0) is 0 Å². The molecule has 0 aromatic rings. The third-order valence-electron chi connectivity index (χ3n) is 0. The van der Waals surface area contributed by atoms with Gasteiger partial charge in [-0.3, -0.25) is 8.42 Å². The number of hydrogen-bond donors (Lipinski definition) is 0. The molecule has 0 aromatic heterocycles. The summed E-state index contributed by atoms with van der Waals surface area (Å²) in [4.78, 5) is 0. The first-order chi connectivity index (χ1) is 2.00. The van der Waals surface area contributed by atoms with Crippen molar-refractivity contribution in [1.29, 1.82) is 0 Å². The van der Waals surface area contributed by atoms with E-state index >= 15 is 0 Å². The fourth-order valence-corrected chi connectivity index (χ4v) is 0. The molecule has 0 heterocycles. The zero-order valence-electron chi connectivity index (χ0n) is 3.33. The largest absolute Gasteiger partial charge is 2.00 e. The second-order valence-electron chi connectivity index (χ2n) is 0.408. The van der Waals surface area contributed by atoms with Crippen LogP contribution in [0.3, 0.4) is 0 Å². The fourth-order valence-electron chi connectivity index (χ4n) is 0. The monoisotopic (exact) mass is 131 g/mol. The second-order valence-corrected chi connectivity index (χ2v) is 1.22. The predicted octanol–water partition coefficient (Wildman–Crippen LogP) is -2.10. The fraction of sp³-hybridized carbons (Fsp3) is 0. The Labute approximate surface area is 59.6 Å². The number of hydrogen-bond acceptors (Lipinski definition) is 4. The standard InChI is InChI=1S/B.Mg.H2O4S/c;;1-5(2,3)4/h;;(H2,1,2,3,4)/q;+2;/p-2. The zero-order valence-corrected chi connectivity index (χ0v) is 5.56. The third-order valence-corrected chi connectivity index (χ3v) is 0. The van der Waals surface area contributed by atoms with Gasteiger partial charge in [0.15, 0.2) is 0 Å². The Morgan fingerprint density at radius 3 is 1.14 bits per heavy atom. The smallest absolute Gasteiger partial charge is 0.759 e. The van der Waals surface area contributed by atoms with Crippen LogP contribution < -0.4 is 0 Å². The summed E-state index contributed by atoms with van der Waals surface area (Å²) in [6.07, 6.45) is 0. The van der Waals surface area contributed by atoms with Crippen molar-refractivity contribution in [3.63, 3.8) is 0 Å². The first kappa shape index (κ1) is 15.6. The molecule has 0 aromatic carbocycles. The molecule has 0 saturated heterocycles. The molecule has 0 bridgehead atoms. The normalized spacial score (nSPS) is 8.29. The van der Waals surface area contributed by atoms with Crippen molar-refractivity contribution in [1.82, 2.24) is 0 Å². The van der Waals surface area contributed by atoms with Gasteiger partial charge in [0.2, 0.25) is 0 Å². The molecule has 0 aliphatic carbocycles. The van der Waals surface area contributed by atoms with Crippen LogP contribution in [-0.4, -0.2) is 49.0 Å². The molecule has 0 aliphatic heterocycles. The molecular weight excluding hydrogens is 131 g/mol. The van der Waals surface area contributed by atoms with Crippen LogP contribution in [0.2, 0.25) is 0 Å². The van der Waals surface area contributed by atoms with E-state index in [0.717, 1.165) is 0 Å². The Morgan fingerprint density at radius 1 is 1.14 bits per heavy atom. The minimum absolute atomic E-state index is 0. The minimum atomic E-state index is -5.17. The van der Waals surface area contributed by atoms with E-state index < -0.39 is 10.4 Å². The second kappa shape index (κ2) is 4.85. The zero-order chi connectivity index (χ0) is 4.50. The Hall–Kier alpha value is 0.701. The predicted molar refractivity (Wildman–Crippen MR) is 22.0 cm³/mol. The molecule has 0 aliphatic rings. The van der Waals surface area contributed by atoms with Gasteiger partial charge in [-0.2, -0.15) is 0 Å². The maximum Gasteiger partial charge on any atom is 2.00 e. The van der Waals surface area contributed by atoms with Crippen LogP contribution in [0.15, 0.2) is 0 Å². The molecule has 0 rings (SSSR count). The molecule has 0 N–H and O–H groups in total. The molecule has 0 fully saturated rings. The minimum Gasteiger partial charge on any atom is -0.759 e. The summed E-state index contributed by atoms with van der Waals surface area (Å²) < 4.78 is 34.1. The maximum atomic E-state index is 8.52. The Kier molecular flexibility index (Phi) is 10.8. The van der Waals surface area contributed by atoms with Gasteiger partial charge in [-0.25, -0.2) is 0 Å². The van der Waals surface area contributed by atoms with Crippen LogP contribution in [0.5, 0.6) is 0 Å². The first-order valence-electron chi connectivity index (χ1n) is 0.667. The van der Waals surface area contributed by atoms with Crippen LogP contribution in [-0.2, 0) is 10.4 Å². The summed E-state index contributed by atoms with van der Waals surface area (Å²) in [5.74, 6) is 0. The van der Waals surface area contributed by atoms with E-state index in [1.165, 1.54) is 0 Å².